The highest BCUT2D eigenvalue weighted by Gasteiger charge is 2.12. The molecule has 108 valence electrons. The van der Waals surface area contributed by atoms with Gasteiger partial charge in [0.15, 0.2) is 0 Å². The zero-order chi connectivity index (χ0) is 14.1. The Hall–Kier alpha value is -1.26. The minimum Gasteiger partial charge on any atom is -0.497 e. The lowest BCUT2D eigenvalue weighted by atomic mass is 10.0. The first kappa shape index (κ1) is 15.8. The molecule has 0 saturated heterocycles. The van der Waals surface area contributed by atoms with Crippen LogP contribution in [0, 0.1) is 0 Å². The number of ether oxygens (including phenoxy) is 3. The Kier molecular flexibility index (Phi) is 7.30. The first-order valence-electron chi connectivity index (χ1n) is 6.73. The van der Waals surface area contributed by atoms with Crippen LogP contribution in [-0.4, -0.2) is 34.5 Å². The third-order valence-corrected chi connectivity index (χ3v) is 3.02. The van der Waals surface area contributed by atoms with Crippen LogP contribution in [0.1, 0.15) is 31.4 Å². The van der Waals surface area contributed by atoms with Gasteiger partial charge in [-0.3, -0.25) is 0 Å². The lowest BCUT2D eigenvalue weighted by Gasteiger charge is -2.18. The van der Waals surface area contributed by atoms with E-state index >= 15 is 0 Å². The van der Waals surface area contributed by atoms with Gasteiger partial charge in [-0.1, -0.05) is 6.92 Å². The van der Waals surface area contributed by atoms with E-state index in [9.17, 15) is 0 Å². The van der Waals surface area contributed by atoms with Crippen molar-refractivity contribution in [3.63, 3.8) is 0 Å². The number of nitrogens with one attached hydrogen (secondary N) is 1. The predicted molar refractivity (Wildman–Crippen MR) is 77.1 cm³/mol. The SMILES string of the molecule is CCCOCCC(NC)c1cc(OC)cc(OC)c1. The molecule has 1 rings (SSSR count). The summed E-state index contributed by atoms with van der Waals surface area (Å²) in [5.74, 6) is 1.62. The minimum atomic E-state index is 0.237. The summed E-state index contributed by atoms with van der Waals surface area (Å²) in [6.45, 7) is 3.68. The molecule has 0 aliphatic rings. The van der Waals surface area contributed by atoms with Gasteiger partial charge < -0.3 is 19.5 Å². The number of hydrogen-bond donors (Lipinski definition) is 1. The van der Waals surface area contributed by atoms with Gasteiger partial charge in [0.25, 0.3) is 0 Å². The quantitative estimate of drug-likeness (QED) is 0.698. The summed E-state index contributed by atoms with van der Waals surface area (Å²) in [5, 5.41) is 3.31. The van der Waals surface area contributed by atoms with E-state index < -0.39 is 0 Å². The molecule has 1 atom stereocenters. The van der Waals surface area contributed by atoms with E-state index in [1.165, 1.54) is 0 Å². The number of benzene rings is 1. The van der Waals surface area contributed by atoms with Crippen LogP contribution in [-0.2, 0) is 4.74 Å². The van der Waals surface area contributed by atoms with E-state index in [0.717, 1.165) is 43.1 Å². The standard InChI is InChI=1S/C15H25NO3/c1-5-7-19-8-6-15(16-2)12-9-13(17-3)11-14(10-12)18-4/h9-11,15-16H,5-8H2,1-4H3. The molecule has 0 amide bonds. The number of hydrogen-bond acceptors (Lipinski definition) is 4. The fourth-order valence-electron chi connectivity index (χ4n) is 1.96. The van der Waals surface area contributed by atoms with Gasteiger partial charge in [-0.05, 0) is 37.6 Å². The molecule has 1 N–H and O–H groups in total. The molecule has 4 nitrogen and oxygen atoms in total. The van der Waals surface area contributed by atoms with Gasteiger partial charge >= 0.3 is 0 Å². The summed E-state index contributed by atoms with van der Waals surface area (Å²) in [6, 6.07) is 6.18. The molecular weight excluding hydrogens is 242 g/mol. The summed E-state index contributed by atoms with van der Waals surface area (Å²) in [4.78, 5) is 0. The summed E-state index contributed by atoms with van der Waals surface area (Å²) in [5.41, 5.74) is 1.15. The molecule has 0 aromatic heterocycles. The zero-order valence-corrected chi connectivity index (χ0v) is 12.4. The summed E-state index contributed by atoms with van der Waals surface area (Å²) in [6.07, 6.45) is 1.98. The van der Waals surface area contributed by atoms with Crippen molar-refractivity contribution in [1.29, 1.82) is 0 Å². The molecule has 0 aliphatic heterocycles. The third-order valence-electron chi connectivity index (χ3n) is 3.02. The highest BCUT2D eigenvalue weighted by atomic mass is 16.5. The topological polar surface area (TPSA) is 39.7 Å². The predicted octanol–water partition coefficient (Wildman–Crippen LogP) is 2.78. The Morgan fingerprint density at radius 2 is 1.68 bits per heavy atom. The van der Waals surface area contributed by atoms with Crippen molar-refractivity contribution >= 4 is 0 Å². The van der Waals surface area contributed by atoms with Crippen molar-refractivity contribution in [1.82, 2.24) is 5.32 Å². The van der Waals surface area contributed by atoms with Crippen LogP contribution in [0.15, 0.2) is 18.2 Å². The minimum absolute atomic E-state index is 0.237. The van der Waals surface area contributed by atoms with Crippen LogP contribution in [0.5, 0.6) is 11.5 Å². The maximum absolute atomic E-state index is 5.55. The normalized spacial score (nSPS) is 12.2. The van der Waals surface area contributed by atoms with Crippen LogP contribution >= 0.6 is 0 Å². The Bertz CT molecular complexity index is 346. The molecule has 1 aromatic rings. The van der Waals surface area contributed by atoms with Gasteiger partial charge in [-0.2, -0.15) is 0 Å². The molecule has 4 heteroatoms. The molecule has 1 unspecified atom stereocenters. The Morgan fingerprint density at radius 1 is 1.05 bits per heavy atom. The summed E-state index contributed by atoms with van der Waals surface area (Å²) in [7, 11) is 5.28. The van der Waals surface area contributed by atoms with Gasteiger partial charge in [0.1, 0.15) is 11.5 Å². The van der Waals surface area contributed by atoms with Crippen LogP contribution in [0.4, 0.5) is 0 Å². The molecule has 0 saturated carbocycles. The van der Waals surface area contributed by atoms with E-state index in [0.29, 0.717) is 0 Å². The fraction of sp³-hybridized carbons (Fsp3) is 0.600. The van der Waals surface area contributed by atoms with Gasteiger partial charge in [0.05, 0.1) is 14.2 Å². The lowest BCUT2D eigenvalue weighted by Crippen LogP contribution is -2.18. The first-order chi connectivity index (χ1) is 9.24. The van der Waals surface area contributed by atoms with Crippen molar-refractivity contribution in [3.05, 3.63) is 23.8 Å². The van der Waals surface area contributed by atoms with E-state index in [2.05, 4.69) is 12.2 Å². The van der Waals surface area contributed by atoms with Gasteiger partial charge in [0, 0.05) is 25.3 Å². The molecule has 0 radical (unpaired) electrons. The largest absolute Gasteiger partial charge is 0.497 e. The smallest absolute Gasteiger partial charge is 0.122 e. The molecule has 0 spiro atoms. The fourth-order valence-corrected chi connectivity index (χ4v) is 1.96. The maximum atomic E-state index is 5.55. The molecule has 0 fully saturated rings. The second-order valence-electron chi connectivity index (χ2n) is 4.39. The molecule has 0 heterocycles. The average Bonchev–Trinajstić information content (AvgIpc) is 2.46. The molecule has 0 bridgehead atoms. The van der Waals surface area contributed by atoms with Crippen LogP contribution in [0.3, 0.4) is 0 Å². The summed E-state index contributed by atoms with van der Waals surface area (Å²) < 4.78 is 16.1. The highest BCUT2D eigenvalue weighted by molar-refractivity contribution is 5.39. The first-order valence-corrected chi connectivity index (χ1v) is 6.73. The molecule has 1 aromatic carbocycles. The molecular formula is C15H25NO3. The second kappa shape index (κ2) is 8.77. The summed E-state index contributed by atoms with van der Waals surface area (Å²) >= 11 is 0. The monoisotopic (exact) mass is 267 g/mol. The van der Waals surface area contributed by atoms with Crippen molar-refractivity contribution < 1.29 is 14.2 Å². The Morgan fingerprint density at radius 3 is 2.16 bits per heavy atom. The van der Waals surface area contributed by atoms with E-state index in [-0.39, 0.29) is 6.04 Å². The van der Waals surface area contributed by atoms with Gasteiger partial charge in [0.2, 0.25) is 0 Å². The molecule has 19 heavy (non-hydrogen) atoms. The lowest BCUT2D eigenvalue weighted by molar-refractivity contribution is 0.125. The van der Waals surface area contributed by atoms with Crippen molar-refractivity contribution in [3.8, 4) is 11.5 Å². The second-order valence-corrected chi connectivity index (χ2v) is 4.39. The van der Waals surface area contributed by atoms with E-state index in [4.69, 9.17) is 14.2 Å². The van der Waals surface area contributed by atoms with E-state index in [1.807, 2.05) is 25.2 Å². The zero-order valence-electron chi connectivity index (χ0n) is 12.4. The van der Waals surface area contributed by atoms with Crippen molar-refractivity contribution in [2.24, 2.45) is 0 Å². The van der Waals surface area contributed by atoms with Gasteiger partial charge in [-0.15, -0.1) is 0 Å². The van der Waals surface area contributed by atoms with Crippen molar-refractivity contribution in [2.75, 3.05) is 34.5 Å². The Balaban J connectivity index is 2.73. The van der Waals surface area contributed by atoms with Gasteiger partial charge in [-0.25, -0.2) is 0 Å². The number of methoxy groups -OCH3 is 2. The highest BCUT2D eigenvalue weighted by Crippen LogP contribution is 2.27. The maximum Gasteiger partial charge on any atom is 0.122 e. The Labute approximate surface area is 116 Å². The average molecular weight is 267 g/mol. The third kappa shape index (κ3) is 5.09. The van der Waals surface area contributed by atoms with Crippen LogP contribution in [0.25, 0.3) is 0 Å². The molecule has 0 aliphatic carbocycles. The van der Waals surface area contributed by atoms with Crippen LogP contribution in [0.2, 0.25) is 0 Å². The van der Waals surface area contributed by atoms with Crippen molar-refractivity contribution in [2.45, 2.75) is 25.8 Å². The van der Waals surface area contributed by atoms with E-state index in [1.54, 1.807) is 14.2 Å². The van der Waals surface area contributed by atoms with Crippen LogP contribution < -0.4 is 14.8 Å². The number of rotatable bonds is 9.